The van der Waals surface area contributed by atoms with E-state index < -0.39 is 0 Å². The van der Waals surface area contributed by atoms with E-state index in [0.29, 0.717) is 0 Å². The highest BCUT2D eigenvalue weighted by atomic mass is 15.0. The van der Waals surface area contributed by atoms with Gasteiger partial charge in [0.15, 0.2) is 11.9 Å². The molecule has 1 heterocycles. The highest BCUT2D eigenvalue weighted by Gasteiger charge is 1.94. The monoisotopic (exact) mass is 422 g/mol. The van der Waals surface area contributed by atoms with Crippen molar-refractivity contribution in [2.45, 2.75) is 77.0 Å². The fraction of sp³-hybridized carbons (Fsp3) is 0.727. The molecule has 0 aliphatic heterocycles. The van der Waals surface area contributed by atoms with E-state index in [-0.39, 0.29) is 11.9 Å². The van der Waals surface area contributed by atoms with E-state index >= 15 is 0 Å². The second kappa shape index (κ2) is 23.1. The van der Waals surface area contributed by atoms with Gasteiger partial charge >= 0.3 is 0 Å². The molecule has 0 amide bonds. The van der Waals surface area contributed by atoms with Gasteiger partial charge in [0.25, 0.3) is 0 Å². The Kier molecular flexibility index (Phi) is 21.4. The summed E-state index contributed by atoms with van der Waals surface area (Å²) in [5.41, 5.74) is 15.8. The molecule has 8 heteroatoms. The molecule has 1 aromatic rings. The van der Waals surface area contributed by atoms with Crippen LogP contribution in [0.1, 0.15) is 77.0 Å². The summed E-state index contributed by atoms with van der Waals surface area (Å²) in [4.78, 5) is 6.85. The zero-order valence-electron chi connectivity index (χ0n) is 18.8. The maximum absolute atomic E-state index is 7.05. The van der Waals surface area contributed by atoms with Crippen LogP contribution >= 0.6 is 0 Å². The lowest BCUT2D eigenvalue weighted by molar-refractivity contribution is 0.539. The van der Waals surface area contributed by atoms with Gasteiger partial charge in [-0.2, -0.15) is 0 Å². The van der Waals surface area contributed by atoms with E-state index in [0.717, 1.165) is 39.0 Å². The van der Waals surface area contributed by atoms with Crippen molar-refractivity contribution in [3.63, 3.8) is 0 Å². The third kappa shape index (κ3) is 25.8. The van der Waals surface area contributed by atoms with Crippen LogP contribution in [0.4, 0.5) is 0 Å². The summed E-state index contributed by atoms with van der Waals surface area (Å²) in [6, 6.07) is 3.89. The summed E-state index contributed by atoms with van der Waals surface area (Å²) < 4.78 is 0. The molecule has 174 valence electrons. The fourth-order valence-electron chi connectivity index (χ4n) is 2.99. The quantitative estimate of drug-likeness (QED) is 0.110. The van der Waals surface area contributed by atoms with Crippen LogP contribution in [0.15, 0.2) is 29.5 Å². The van der Waals surface area contributed by atoms with Gasteiger partial charge in [0.2, 0.25) is 0 Å². The molecule has 1 rings (SSSR count). The van der Waals surface area contributed by atoms with Gasteiger partial charge in [0.05, 0.1) is 0 Å². The molecular weight excluding hydrogens is 376 g/mol. The van der Waals surface area contributed by atoms with Crippen molar-refractivity contribution < 1.29 is 0 Å². The summed E-state index contributed by atoms with van der Waals surface area (Å²) in [7, 11) is 0. The van der Waals surface area contributed by atoms with Crippen LogP contribution in [0, 0.1) is 5.41 Å². The number of aromatic nitrogens is 1. The van der Waals surface area contributed by atoms with Gasteiger partial charge in [0, 0.05) is 25.5 Å². The lowest BCUT2D eigenvalue weighted by Crippen LogP contribution is -2.30. The van der Waals surface area contributed by atoms with Crippen LogP contribution in [0.25, 0.3) is 0 Å². The first-order valence-electron chi connectivity index (χ1n) is 11.5. The SMILES string of the molecule is N=C(N)NCCCCCCCCNCCCCCCCCN=C(N)N.c1cc[nH]c1. The van der Waals surface area contributed by atoms with Crippen LogP contribution in [0.3, 0.4) is 0 Å². The van der Waals surface area contributed by atoms with Gasteiger partial charge in [0.1, 0.15) is 0 Å². The topological polar surface area (TPSA) is 154 Å². The number of nitrogens with zero attached hydrogens (tertiary/aromatic N) is 1. The Morgan fingerprint density at radius 2 is 1.17 bits per heavy atom. The Labute approximate surface area is 183 Å². The minimum Gasteiger partial charge on any atom is -0.370 e. The molecular formula is C22H46N8. The normalized spacial score (nSPS) is 10.1. The second-order valence-corrected chi connectivity index (χ2v) is 7.52. The standard InChI is InChI=1S/C18H41N7.C4H5N/c19-17(20)24-15-11-7-3-1-5-9-13-23-14-10-6-2-4-8-12-16-25-18(21)22;1-2-4-5-3-1/h23H,1-16H2,(H4,19,20,24)(H4,21,22,25);1-5H. The highest BCUT2D eigenvalue weighted by molar-refractivity contribution is 5.75. The van der Waals surface area contributed by atoms with Crippen molar-refractivity contribution in [2.24, 2.45) is 22.2 Å². The van der Waals surface area contributed by atoms with E-state index in [1.165, 1.54) is 64.2 Å². The Morgan fingerprint density at radius 1 is 0.700 bits per heavy atom. The molecule has 8 nitrogen and oxygen atoms in total. The summed E-state index contributed by atoms with van der Waals surface area (Å²) in [5, 5.41) is 13.4. The zero-order chi connectivity index (χ0) is 22.1. The molecule has 0 unspecified atom stereocenters. The molecule has 0 radical (unpaired) electrons. The maximum atomic E-state index is 7.05. The first kappa shape index (κ1) is 27.8. The van der Waals surface area contributed by atoms with Crippen molar-refractivity contribution in [2.75, 3.05) is 26.2 Å². The van der Waals surface area contributed by atoms with Crippen LogP contribution < -0.4 is 27.8 Å². The average molecular weight is 423 g/mol. The van der Waals surface area contributed by atoms with E-state index in [2.05, 4.69) is 20.6 Å². The smallest absolute Gasteiger partial charge is 0.185 e. The minimum absolute atomic E-state index is 0.0777. The molecule has 0 saturated heterocycles. The van der Waals surface area contributed by atoms with Crippen molar-refractivity contribution in [3.05, 3.63) is 24.5 Å². The number of aromatic amines is 1. The van der Waals surface area contributed by atoms with Crippen molar-refractivity contribution in [3.8, 4) is 0 Å². The summed E-state index contributed by atoms with van der Waals surface area (Å²) in [6.45, 7) is 3.88. The summed E-state index contributed by atoms with van der Waals surface area (Å²) in [5.74, 6) is 0.280. The third-order valence-corrected chi connectivity index (χ3v) is 4.65. The van der Waals surface area contributed by atoms with Crippen molar-refractivity contribution in [1.82, 2.24) is 15.6 Å². The van der Waals surface area contributed by atoms with E-state index in [9.17, 15) is 0 Å². The lowest BCUT2D eigenvalue weighted by atomic mass is 10.1. The molecule has 0 saturated carbocycles. The molecule has 0 fully saturated rings. The van der Waals surface area contributed by atoms with Crippen LogP contribution in [-0.2, 0) is 0 Å². The zero-order valence-corrected chi connectivity index (χ0v) is 18.8. The van der Waals surface area contributed by atoms with Gasteiger partial charge in [-0.15, -0.1) is 0 Å². The summed E-state index contributed by atoms with van der Waals surface area (Å²) >= 11 is 0. The molecule has 0 bridgehead atoms. The van der Waals surface area contributed by atoms with Gasteiger partial charge in [-0.25, -0.2) is 0 Å². The van der Waals surface area contributed by atoms with Gasteiger partial charge in [-0.3, -0.25) is 10.4 Å². The summed E-state index contributed by atoms with van der Waals surface area (Å²) in [6.07, 6.45) is 18.7. The van der Waals surface area contributed by atoms with Crippen molar-refractivity contribution >= 4 is 11.9 Å². The predicted octanol–water partition coefficient (Wildman–Crippen LogP) is 3.03. The Morgan fingerprint density at radius 3 is 1.60 bits per heavy atom. The number of rotatable bonds is 18. The fourth-order valence-corrected chi connectivity index (χ4v) is 2.99. The number of H-pyrrole nitrogens is 1. The number of nitrogens with one attached hydrogen (secondary N) is 4. The van der Waals surface area contributed by atoms with E-state index in [1.54, 1.807) is 0 Å². The Bertz CT molecular complexity index is 466. The average Bonchev–Trinajstić information content (AvgIpc) is 3.29. The molecule has 30 heavy (non-hydrogen) atoms. The molecule has 1 aromatic heterocycles. The Hall–Kier alpha value is -2.22. The van der Waals surface area contributed by atoms with E-state index in [4.69, 9.17) is 22.6 Å². The number of nitrogens with two attached hydrogens (primary N) is 3. The molecule has 0 aromatic carbocycles. The van der Waals surface area contributed by atoms with Crippen molar-refractivity contribution in [1.29, 1.82) is 5.41 Å². The van der Waals surface area contributed by atoms with Crippen LogP contribution in [-0.4, -0.2) is 43.1 Å². The maximum Gasteiger partial charge on any atom is 0.185 e. The minimum atomic E-state index is 0.0777. The van der Waals surface area contributed by atoms with Gasteiger partial charge in [-0.05, 0) is 50.9 Å². The lowest BCUT2D eigenvalue weighted by Gasteiger charge is -2.06. The van der Waals surface area contributed by atoms with E-state index in [1.807, 2.05) is 24.5 Å². The van der Waals surface area contributed by atoms with Crippen LogP contribution in [0.5, 0.6) is 0 Å². The molecule has 0 spiro atoms. The molecule has 0 aliphatic rings. The largest absolute Gasteiger partial charge is 0.370 e. The second-order valence-electron chi connectivity index (χ2n) is 7.52. The number of aliphatic imine (C=N–C) groups is 1. The highest BCUT2D eigenvalue weighted by Crippen LogP contribution is 2.06. The predicted molar refractivity (Wildman–Crippen MR) is 130 cm³/mol. The molecule has 0 atom stereocenters. The first-order valence-corrected chi connectivity index (χ1v) is 11.5. The number of guanidine groups is 2. The number of hydrogen-bond donors (Lipinski definition) is 7. The first-order chi connectivity index (χ1) is 14.6. The number of unbranched alkanes of at least 4 members (excludes halogenated alkanes) is 10. The molecule has 0 aliphatic carbocycles. The van der Waals surface area contributed by atoms with Gasteiger partial charge in [-0.1, -0.05) is 51.4 Å². The van der Waals surface area contributed by atoms with Gasteiger partial charge < -0.3 is 32.8 Å². The van der Waals surface area contributed by atoms with Crippen LogP contribution in [0.2, 0.25) is 0 Å². The molecule has 10 N–H and O–H groups in total. The third-order valence-electron chi connectivity index (χ3n) is 4.65. The Balaban J connectivity index is 0.00000145. The number of hydrogen-bond acceptors (Lipinski definition) is 3.